The molecule has 0 aliphatic carbocycles. The Balaban J connectivity index is 3.28. The predicted molar refractivity (Wildman–Crippen MR) is 38.4 cm³/mol. The second-order valence-corrected chi connectivity index (χ2v) is 2.82. The molecule has 0 unspecified atom stereocenters. The van der Waals surface area contributed by atoms with Gasteiger partial charge in [-0.3, -0.25) is 9.59 Å². The Labute approximate surface area is 59.0 Å². The first-order valence-electron chi connectivity index (χ1n) is 2.82. The fourth-order valence-electron chi connectivity index (χ4n) is 0.284. The second kappa shape index (κ2) is 4.56. The summed E-state index contributed by atoms with van der Waals surface area (Å²) in [5, 5.41) is 0.0109. The highest BCUT2D eigenvalue weighted by Gasteiger charge is 1.99. The number of Topliss-reactive ketones (excluding diaryl/α,β-unsaturated/α-hetero) is 1. The molecule has 9 heavy (non-hydrogen) atoms. The van der Waals surface area contributed by atoms with Crippen LogP contribution in [0.4, 0.5) is 0 Å². The van der Waals surface area contributed by atoms with E-state index < -0.39 is 0 Å². The number of ketones is 1. The summed E-state index contributed by atoms with van der Waals surface area (Å²) in [6.45, 7) is 3.26. The first kappa shape index (κ1) is 8.69. The Morgan fingerprint density at radius 3 is 2.33 bits per heavy atom. The predicted octanol–water partition coefficient (Wildman–Crippen LogP) is 1.25. The summed E-state index contributed by atoms with van der Waals surface area (Å²) in [4.78, 5) is 20.8. The van der Waals surface area contributed by atoms with Gasteiger partial charge in [-0.25, -0.2) is 0 Å². The minimum Gasteiger partial charge on any atom is -0.299 e. The Morgan fingerprint density at radius 1 is 1.44 bits per heavy atom. The first-order chi connectivity index (χ1) is 4.16. The van der Waals surface area contributed by atoms with Crippen LogP contribution in [0.25, 0.3) is 0 Å². The highest BCUT2D eigenvalue weighted by Crippen LogP contribution is 2.01. The minimum atomic E-state index is 0.0109. The van der Waals surface area contributed by atoms with E-state index in [1.54, 1.807) is 6.92 Å². The summed E-state index contributed by atoms with van der Waals surface area (Å²) in [7, 11) is 0. The Hall–Kier alpha value is -0.310. The molecule has 0 aromatic carbocycles. The van der Waals surface area contributed by atoms with Crippen molar-refractivity contribution < 1.29 is 9.59 Å². The average molecular weight is 146 g/mol. The molecule has 0 N–H and O–H groups in total. The fraction of sp³-hybridized carbons (Fsp3) is 0.667. The SMILES string of the molecule is CCC(=O)CSC(C)=O. The summed E-state index contributed by atoms with van der Waals surface area (Å²) in [5.74, 6) is 0.474. The van der Waals surface area contributed by atoms with Crippen LogP contribution in [0.3, 0.4) is 0 Å². The molecule has 0 radical (unpaired) electrons. The van der Waals surface area contributed by atoms with Crippen molar-refractivity contribution in [2.75, 3.05) is 5.75 Å². The molecule has 0 amide bonds. The third kappa shape index (κ3) is 5.56. The van der Waals surface area contributed by atoms with E-state index in [0.717, 1.165) is 11.8 Å². The van der Waals surface area contributed by atoms with Gasteiger partial charge in [-0.1, -0.05) is 18.7 Å². The molecule has 0 atom stereocenters. The molecule has 52 valence electrons. The quantitative estimate of drug-likeness (QED) is 0.601. The number of hydrogen-bond donors (Lipinski definition) is 0. The van der Waals surface area contributed by atoms with Gasteiger partial charge in [0.15, 0.2) is 5.12 Å². The molecular formula is C6H10O2S. The van der Waals surface area contributed by atoms with E-state index in [9.17, 15) is 9.59 Å². The summed E-state index contributed by atoms with van der Waals surface area (Å²) >= 11 is 1.08. The van der Waals surface area contributed by atoms with Gasteiger partial charge in [0.1, 0.15) is 5.78 Å². The zero-order valence-corrected chi connectivity index (χ0v) is 6.46. The van der Waals surface area contributed by atoms with Crippen molar-refractivity contribution in [1.82, 2.24) is 0 Å². The van der Waals surface area contributed by atoms with E-state index in [1.807, 2.05) is 0 Å². The highest BCUT2D eigenvalue weighted by molar-refractivity contribution is 8.14. The van der Waals surface area contributed by atoms with Crippen LogP contribution >= 0.6 is 11.8 Å². The van der Waals surface area contributed by atoms with Gasteiger partial charge in [-0.15, -0.1) is 0 Å². The van der Waals surface area contributed by atoms with E-state index >= 15 is 0 Å². The molecule has 0 aromatic heterocycles. The number of rotatable bonds is 3. The average Bonchev–Trinajstić information content (AvgIpc) is 1.83. The fourth-order valence-corrected chi connectivity index (χ4v) is 0.853. The Bertz CT molecular complexity index is 120. The van der Waals surface area contributed by atoms with Crippen molar-refractivity contribution >= 4 is 22.7 Å². The molecule has 0 heterocycles. The lowest BCUT2D eigenvalue weighted by atomic mass is 10.4. The molecule has 0 aliphatic heterocycles. The van der Waals surface area contributed by atoms with Crippen molar-refractivity contribution in [3.8, 4) is 0 Å². The van der Waals surface area contributed by atoms with Gasteiger partial charge < -0.3 is 0 Å². The lowest BCUT2D eigenvalue weighted by Gasteiger charge is -1.90. The maximum Gasteiger partial charge on any atom is 0.186 e. The Kier molecular flexibility index (Phi) is 4.40. The van der Waals surface area contributed by atoms with Gasteiger partial charge in [0.05, 0.1) is 5.75 Å². The molecule has 0 spiro atoms. The highest BCUT2D eigenvalue weighted by atomic mass is 32.2. The van der Waals surface area contributed by atoms with Gasteiger partial charge >= 0.3 is 0 Å². The first-order valence-corrected chi connectivity index (χ1v) is 3.80. The van der Waals surface area contributed by atoms with Crippen molar-refractivity contribution in [3.63, 3.8) is 0 Å². The van der Waals surface area contributed by atoms with Crippen molar-refractivity contribution in [1.29, 1.82) is 0 Å². The van der Waals surface area contributed by atoms with Gasteiger partial charge in [0, 0.05) is 13.3 Å². The van der Waals surface area contributed by atoms with Crippen LogP contribution in [0.1, 0.15) is 20.3 Å². The van der Waals surface area contributed by atoms with Crippen LogP contribution in [0.2, 0.25) is 0 Å². The zero-order chi connectivity index (χ0) is 7.28. The zero-order valence-electron chi connectivity index (χ0n) is 5.64. The lowest BCUT2D eigenvalue weighted by Crippen LogP contribution is -2.00. The second-order valence-electron chi connectivity index (χ2n) is 1.67. The molecular weight excluding hydrogens is 136 g/mol. The molecule has 2 nitrogen and oxygen atoms in total. The molecule has 0 saturated heterocycles. The molecule has 0 aromatic rings. The minimum absolute atomic E-state index is 0.0109. The van der Waals surface area contributed by atoms with Crippen LogP contribution in [0.5, 0.6) is 0 Å². The molecule has 0 bridgehead atoms. The van der Waals surface area contributed by atoms with Crippen molar-refractivity contribution in [2.24, 2.45) is 0 Å². The molecule has 0 aliphatic rings. The summed E-state index contributed by atoms with van der Waals surface area (Å²) in [5.41, 5.74) is 0. The molecule has 3 heteroatoms. The van der Waals surface area contributed by atoms with Crippen molar-refractivity contribution in [2.45, 2.75) is 20.3 Å². The largest absolute Gasteiger partial charge is 0.299 e. The van der Waals surface area contributed by atoms with Gasteiger partial charge in [0.2, 0.25) is 0 Å². The molecule has 0 fully saturated rings. The van der Waals surface area contributed by atoms with Crippen LogP contribution in [-0.2, 0) is 9.59 Å². The van der Waals surface area contributed by atoms with Crippen LogP contribution in [0, 0.1) is 0 Å². The standard InChI is InChI=1S/C6H10O2S/c1-3-6(8)4-9-5(2)7/h3-4H2,1-2H3. The van der Waals surface area contributed by atoms with E-state index in [0.29, 0.717) is 12.2 Å². The number of carbonyl (C=O) groups is 2. The summed E-state index contributed by atoms with van der Waals surface area (Å²) in [6.07, 6.45) is 0.528. The maximum absolute atomic E-state index is 10.5. The third-order valence-electron chi connectivity index (χ3n) is 0.831. The van der Waals surface area contributed by atoms with E-state index in [4.69, 9.17) is 0 Å². The lowest BCUT2D eigenvalue weighted by molar-refractivity contribution is -0.116. The van der Waals surface area contributed by atoms with Gasteiger partial charge in [0.25, 0.3) is 0 Å². The summed E-state index contributed by atoms with van der Waals surface area (Å²) < 4.78 is 0. The molecule has 0 rings (SSSR count). The molecule has 0 saturated carbocycles. The van der Waals surface area contributed by atoms with E-state index in [2.05, 4.69) is 0 Å². The van der Waals surface area contributed by atoms with Crippen molar-refractivity contribution in [3.05, 3.63) is 0 Å². The van der Waals surface area contributed by atoms with Crippen LogP contribution in [0.15, 0.2) is 0 Å². The Morgan fingerprint density at radius 2 is 2.00 bits per heavy atom. The van der Waals surface area contributed by atoms with Gasteiger partial charge in [-0.2, -0.15) is 0 Å². The monoisotopic (exact) mass is 146 g/mol. The third-order valence-corrected chi connectivity index (χ3v) is 1.70. The van der Waals surface area contributed by atoms with Crippen LogP contribution < -0.4 is 0 Å². The number of thioether (sulfide) groups is 1. The summed E-state index contributed by atoms with van der Waals surface area (Å²) in [6, 6.07) is 0. The topological polar surface area (TPSA) is 34.1 Å². The smallest absolute Gasteiger partial charge is 0.186 e. The normalized spacial score (nSPS) is 9.11. The van der Waals surface area contributed by atoms with E-state index in [1.165, 1.54) is 6.92 Å². The maximum atomic E-state index is 10.5. The number of hydrogen-bond acceptors (Lipinski definition) is 3. The van der Waals surface area contributed by atoms with Crippen LogP contribution in [-0.4, -0.2) is 16.7 Å². The number of carbonyl (C=O) groups excluding carboxylic acids is 2. The van der Waals surface area contributed by atoms with Gasteiger partial charge in [-0.05, 0) is 0 Å². The van der Waals surface area contributed by atoms with E-state index in [-0.39, 0.29) is 10.9 Å².